The van der Waals surface area contributed by atoms with Crippen LogP contribution in [-0.4, -0.2) is 92.6 Å². The van der Waals surface area contributed by atoms with Crippen molar-refractivity contribution in [3.05, 3.63) is 120 Å². The Morgan fingerprint density at radius 2 is 1.35 bits per heavy atom. The molecule has 1 fully saturated rings. The number of carbonyl (C=O) groups excluding carboxylic acids is 3. The van der Waals surface area contributed by atoms with E-state index in [1.165, 1.54) is 13.2 Å². The lowest BCUT2D eigenvalue weighted by Crippen LogP contribution is -2.20. The van der Waals surface area contributed by atoms with E-state index in [0.717, 1.165) is 36.0 Å². The number of methoxy groups -OCH3 is 2. The molecular formula is C50H54N16O6. The summed E-state index contributed by atoms with van der Waals surface area (Å²) < 4.78 is 18.8. The van der Waals surface area contributed by atoms with Crippen LogP contribution >= 0.6 is 0 Å². The topological polar surface area (TPSA) is 287 Å². The van der Waals surface area contributed by atoms with E-state index in [2.05, 4.69) is 64.0 Å². The Kier molecular flexibility index (Phi) is 15.0. The number of H-pyrrole nitrogens is 1. The molecule has 370 valence electrons. The van der Waals surface area contributed by atoms with E-state index in [-0.39, 0.29) is 29.9 Å². The summed E-state index contributed by atoms with van der Waals surface area (Å²) >= 11 is 0. The molecule has 0 bridgehead atoms. The lowest BCUT2D eigenvalue weighted by molar-refractivity contribution is -0.111. The van der Waals surface area contributed by atoms with E-state index in [4.69, 9.17) is 35.0 Å². The SMILES string of the molecule is C=CC(=O)Nc1ccc(OC)c(Nc2nc(Nc3ccccc3C(=O)NC)c3c(C)[nH]nc3n2)c1.CNC(=O)c1ccccc1Nc1nc(Nc2cc(N)ccc2OC)nc2c1c(C)nn2C1CCCCO1. The van der Waals surface area contributed by atoms with Gasteiger partial charge in [0.15, 0.2) is 17.5 Å². The number of nitrogens with two attached hydrogens (primary N) is 1. The monoisotopic (exact) mass is 974 g/mol. The molecule has 0 saturated carbocycles. The highest BCUT2D eigenvalue weighted by molar-refractivity contribution is 6.03. The second kappa shape index (κ2) is 22.0. The molecule has 72 heavy (non-hydrogen) atoms. The third-order valence-corrected chi connectivity index (χ3v) is 11.4. The minimum Gasteiger partial charge on any atom is -0.495 e. The van der Waals surface area contributed by atoms with Gasteiger partial charge in [-0.15, -0.1) is 0 Å². The maximum Gasteiger partial charge on any atom is 0.253 e. The highest BCUT2D eigenvalue weighted by Gasteiger charge is 2.25. The normalized spacial score (nSPS) is 13.0. The van der Waals surface area contributed by atoms with Crippen molar-refractivity contribution in [3.8, 4) is 11.5 Å². The fraction of sp³-hybridized carbons (Fsp3) is 0.220. The third-order valence-electron chi connectivity index (χ3n) is 11.4. The number of fused-ring (bicyclic) bond motifs is 2. The summed E-state index contributed by atoms with van der Waals surface area (Å²) in [5.74, 6) is 1.83. The van der Waals surface area contributed by atoms with E-state index in [9.17, 15) is 14.4 Å². The van der Waals surface area contributed by atoms with Gasteiger partial charge in [0.1, 0.15) is 23.1 Å². The molecule has 3 amide bonds. The van der Waals surface area contributed by atoms with Crippen LogP contribution in [0, 0.1) is 13.8 Å². The van der Waals surface area contributed by atoms with Gasteiger partial charge < -0.3 is 57.2 Å². The lowest BCUT2D eigenvalue weighted by atomic mass is 10.1. The largest absolute Gasteiger partial charge is 0.495 e. The number of hydrogen-bond donors (Lipinski definition) is 9. The van der Waals surface area contributed by atoms with Crippen molar-refractivity contribution in [1.82, 2.24) is 50.5 Å². The first-order valence-electron chi connectivity index (χ1n) is 22.8. The van der Waals surface area contributed by atoms with Crippen LogP contribution in [0.4, 0.5) is 57.7 Å². The van der Waals surface area contributed by atoms with Gasteiger partial charge >= 0.3 is 0 Å². The van der Waals surface area contributed by atoms with E-state index in [1.807, 2.05) is 42.8 Å². The number of anilines is 10. The molecule has 9 rings (SSSR count). The van der Waals surface area contributed by atoms with E-state index in [1.54, 1.807) is 81.9 Å². The number of aromatic nitrogens is 8. The van der Waals surface area contributed by atoms with Gasteiger partial charge in [-0.25, -0.2) is 4.68 Å². The Morgan fingerprint density at radius 3 is 1.94 bits per heavy atom. The summed E-state index contributed by atoms with van der Waals surface area (Å²) in [4.78, 5) is 55.4. The number of nitrogen functional groups attached to an aromatic ring is 1. The van der Waals surface area contributed by atoms with Crippen molar-refractivity contribution < 1.29 is 28.6 Å². The van der Waals surface area contributed by atoms with Gasteiger partial charge in [-0.05, 0) is 99.8 Å². The molecule has 22 nitrogen and oxygen atoms in total. The van der Waals surface area contributed by atoms with Gasteiger partial charge in [0.05, 0.1) is 64.6 Å². The summed E-state index contributed by atoms with van der Waals surface area (Å²) in [7, 11) is 6.29. The van der Waals surface area contributed by atoms with E-state index < -0.39 is 0 Å². The van der Waals surface area contributed by atoms with Crippen molar-refractivity contribution in [2.45, 2.75) is 39.3 Å². The summed E-state index contributed by atoms with van der Waals surface area (Å²) in [6.45, 7) is 7.91. The predicted molar refractivity (Wildman–Crippen MR) is 277 cm³/mol. The predicted octanol–water partition coefficient (Wildman–Crippen LogP) is 7.91. The number of carbonyl (C=O) groups is 3. The third kappa shape index (κ3) is 10.8. The molecule has 1 aliphatic heterocycles. The standard InChI is InChI=1S/C26H30N8O3.C24H24N8O3/c1-15-22-23(29-18-9-5-4-8-17(18)25(35)28-2)31-26(30-19-14-16(27)11-12-20(19)36-3)32-24(22)34(33-15)21-10-6-7-13-37-21;1-5-19(33)26-14-10-11-18(35-4)17(12-14)28-24-29-21(20-13(2)31-32-22(20)30-24)27-16-9-7-6-8-15(16)23(34)25-3/h4-5,8-9,11-12,14,21H,6-7,10,13,27H2,1-3H3,(H,28,35)(H2,29,30,31,32);5-12H,1H2,2-4H3,(H,25,34)(H,26,33)(H3,27,28,29,30,31,32). The summed E-state index contributed by atoms with van der Waals surface area (Å²) in [5, 5.41) is 34.4. The average molecular weight is 975 g/mol. The molecule has 0 radical (unpaired) electrons. The second-order valence-electron chi connectivity index (χ2n) is 16.2. The minimum absolute atomic E-state index is 0.209. The maximum absolute atomic E-state index is 12.5. The van der Waals surface area contributed by atoms with Gasteiger partial charge in [0.25, 0.3) is 11.8 Å². The molecule has 0 aliphatic carbocycles. The fourth-order valence-electron chi connectivity index (χ4n) is 7.93. The highest BCUT2D eigenvalue weighted by Crippen LogP contribution is 2.36. The molecule has 1 atom stereocenters. The molecule has 1 aliphatic rings. The van der Waals surface area contributed by atoms with Crippen molar-refractivity contribution in [2.75, 3.05) is 67.2 Å². The number of nitrogens with one attached hydrogen (secondary N) is 8. The molecule has 5 heterocycles. The summed E-state index contributed by atoms with van der Waals surface area (Å²) in [6, 6.07) is 24.8. The quantitative estimate of drug-likeness (QED) is 0.0348. The van der Waals surface area contributed by atoms with Gasteiger partial charge in [-0.2, -0.15) is 30.1 Å². The Hall–Kier alpha value is -9.31. The van der Waals surface area contributed by atoms with Gasteiger partial charge in [-0.1, -0.05) is 30.8 Å². The number of ether oxygens (including phenoxy) is 3. The van der Waals surface area contributed by atoms with Gasteiger partial charge in [0, 0.05) is 37.8 Å². The first-order valence-corrected chi connectivity index (χ1v) is 22.8. The van der Waals surface area contributed by atoms with E-state index >= 15 is 0 Å². The van der Waals surface area contributed by atoms with E-state index in [0.29, 0.717) is 97.6 Å². The number of amides is 3. The van der Waals surface area contributed by atoms with Crippen LogP contribution in [-0.2, 0) is 9.53 Å². The van der Waals surface area contributed by atoms with Crippen LogP contribution in [0.25, 0.3) is 22.1 Å². The molecule has 1 saturated heterocycles. The minimum atomic E-state index is -0.341. The number of nitrogens with zero attached hydrogens (tertiary/aromatic N) is 7. The number of para-hydroxylation sites is 2. The molecule has 0 spiro atoms. The average Bonchev–Trinajstić information content (AvgIpc) is 3.95. The summed E-state index contributed by atoms with van der Waals surface area (Å²) in [5.41, 5.74) is 13.0. The molecule has 4 aromatic carbocycles. The van der Waals surface area contributed by atoms with Crippen LogP contribution in [0.3, 0.4) is 0 Å². The molecule has 22 heteroatoms. The zero-order chi connectivity index (χ0) is 50.9. The molecule has 8 aromatic rings. The molecule has 1 unspecified atom stereocenters. The molecular weight excluding hydrogens is 921 g/mol. The first kappa shape index (κ1) is 49.1. The van der Waals surface area contributed by atoms with Gasteiger partial charge in [-0.3, -0.25) is 19.5 Å². The Bertz CT molecular complexity index is 3310. The van der Waals surface area contributed by atoms with Crippen LogP contribution in [0.2, 0.25) is 0 Å². The van der Waals surface area contributed by atoms with Crippen LogP contribution in [0.1, 0.15) is 57.6 Å². The first-order chi connectivity index (χ1) is 34.9. The maximum atomic E-state index is 12.5. The van der Waals surface area contributed by atoms with Crippen LogP contribution < -0.4 is 52.4 Å². The number of aryl methyl sites for hydroxylation is 2. The number of hydrogen-bond acceptors (Lipinski definition) is 17. The highest BCUT2D eigenvalue weighted by atomic mass is 16.5. The smallest absolute Gasteiger partial charge is 0.253 e. The number of aromatic amines is 1. The number of rotatable bonds is 15. The second-order valence-corrected chi connectivity index (χ2v) is 16.2. The molecule has 10 N–H and O–H groups in total. The lowest BCUT2D eigenvalue weighted by Gasteiger charge is -2.23. The number of benzene rings is 4. The Morgan fingerprint density at radius 1 is 0.750 bits per heavy atom. The Labute approximate surface area is 413 Å². The Balaban J connectivity index is 0.000000193. The van der Waals surface area contributed by atoms with Gasteiger partial charge in [0.2, 0.25) is 17.8 Å². The van der Waals surface area contributed by atoms with Crippen LogP contribution in [0.15, 0.2) is 97.6 Å². The van der Waals surface area contributed by atoms with Crippen LogP contribution in [0.5, 0.6) is 11.5 Å². The zero-order valence-corrected chi connectivity index (χ0v) is 40.4. The van der Waals surface area contributed by atoms with Crippen molar-refractivity contribution >= 4 is 97.4 Å². The zero-order valence-electron chi connectivity index (χ0n) is 40.4. The van der Waals surface area contributed by atoms with Crippen molar-refractivity contribution in [1.29, 1.82) is 0 Å². The van der Waals surface area contributed by atoms with Crippen molar-refractivity contribution in [2.24, 2.45) is 0 Å². The fourth-order valence-corrected chi connectivity index (χ4v) is 7.93. The molecule has 4 aromatic heterocycles. The summed E-state index contributed by atoms with van der Waals surface area (Å²) in [6.07, 6.45) is 3.87. The van der Waals surface area contributed by atoms with Crippen molar-refractivity contribution in [3.63, 3.8) is 0 Å².